The molecule has 0 radical (unpaired) electrons. The average Bonchev–Trinajstić information content (AvgIpc) is 3.12. The van der Waals surface area contributed by atoms with E-state index in [2.05, 4.69) is 58.4 Å². The maximum absolute atomic E-state index is 4.50. The molecule has 0 amide bonds. The SMILES string of the molecule is CSC1CCCC1NCc1cnc(C)n1-c1ccccc1. The fourth-order valence-corrected chi connectivity index (χ4v) is 4.19. The molecule has 1 aliphatic rings. The minimum atomic E-state index is 0.638. The number of benzene rings is 1. The second-order valence-corrected chi connectivity index (χ2v) is 6.74. The first kappa shape index (κ1) is 14.7. The van der Waals surface area contributed by atoms with Gasteiger partial charge in [0.25, 0.3) is 0 Å². The topological polar surface area (TPSA) is 29.9 Å². The predicted molar refractivity (Wildman–Crippen MR) is 90.1 cm³/mol. The van der Waals surface area contributed by atoms with Gasteiger partial charge < -0.3 is 5.32 Å². The molecule has 3 nitrogen and oxygen atoms in total. The number of aromatic nitrogens is 2. The van der Waals surface area contributed by atoms with Crippen molar-refractivity contribution in [3.8, 4) is 5.69 Å². The zero-order valence-electron chi connectivity index (χ0n) is 12.7. The summed E-state index contributed by atoms with van der Waals surface area (Å²) in [6.07, 6.45) is 8.21. The van der Waals surface area contributed by atoms with E-state index >= 15 is 0 Å². The number of aryl methyl sites for hydroxylation is 1. The van der Waals surface area contributed by atoms with Crippen molar-refractivity contribution in [3.05, 3.63) is 48.0 Å². The molecule has 3 rings (SSSR count). The number of nitrogens with one attached hydrogen (secondary N) is 1. The predicted octanol–water partition coefficient (Wildman–Crippen LogP) is 3.55. The van der Waals surface area contributed by atoms with Crippen LogP contribution in [0.2, 0.25) is 0 Å². The number of hydrogen-bond acceptors (Lipinski definition) is 3. The second kappa shape index (κ2) is 6.67. The van der Waals surface area contributed by atoms with Crippen LogP contribution in [-0.4, -0.2) is 27.1 Å². The largest absolute Gasteiger partial charge is 0.307 e. The zero-order chi connectivity index (χ0) is 14.7. The Bertz CT molecular complexity index is 579. The van der Waals surface area contributed by atoms with Gasteiger partial charge in [0.1, 0.15) is 5.82 Å². The third-order valence-corrected chi connectivity index (χ3v) is 5.50. The second-order valence-electron chi connectivity index (χ2n) is 5.66. The Kier molecular flexibility index (Phi) is 4.66. The van der Waals surface area contributed by atoms with Crippen LogP contribution < -0.4 is 5.32 Å². The van der Waals surface area contributed by atoms with Gasteiger partial charge in [-0.15, -0.1) is 0 Å². The lowest BCUT2D eigenvalue weighted by Crippen LogP contribution is -2.34. The molecule has 1 aliphatic carbocycles. The lowest BCUT2D eigenvalue weighted by molar-refractivity contribution is 0.524. The molecular weight excluding hydrogens is 278 g/mol. The standard InChI is InChI=1S/C17H23N3S/c1-13-18-11-15(20(13)14-7-4-3-5-8-14)12-19-16-9-6-10-17(16)21-2/h3-5,7-8,11,16-17,19H,6,9-10,12H2,1-2H3. The van der Waals surface area contributed by atoms with E-state index in [0.29, 0.717) is 6.04 Å². The summed E-state index contributed by atoms with van der Waals surface area (Å²) in [5, 5.41) is 4.50. The summed E-state index contributed by atoms with van der Waals surface area (Å²) in [5.41, 5.74) is 2.43. The van der Waals surface area contributed by atoms with E-state index in [1.165, 1.54) is 30.6 Å². The van der Waals surface area contributed by atoms with Gasteiger partial charge in [0.15, 0.2) is 0 Å². The van der Waals surface area contributed by atoms with Crippen molar-refractivity contribution in [2.24, 2.45) is 0 Å². The van der Waals surface area contributed by atoms with Crippen LogP contribution in [0.25, 0.3) is 5.69 Å². The first-order valence-electron chi connectivity index (χ1n) is 7.64. The Labute approximate surface area is 131 Å². The molecule has 1 heterocycles. The third kappa shape index (κ3) is 3.16. The molecule has 1 aromatic heterocycles. The third-order valence-electron chi connectivity index (χ3n) is 4.33. The Hall–Kier alpha value is -1.26. The van der Waals surface area contributed by atoms with E-state index in [9.17, 15) is 0 Å². The van der Waals surface area contributed by atoms with Crippen molar-refractivity contribution >= 4 is 11.8 Å². The maximum atomic E-state index is 4.50. The summed E-state index contributed by atoms with van der Waals surface area (Å²) in [6.45, 7) is 2.95. The summed E-state index contributed by atoms with van der Waals surface area (Å²) in [4.78, 5) is 4.50. The maximum Gasteiger partial charge on any atom is 0.110 e. The van der Waals surface area contributed by atoms with Gasteiger partial charge in [0.05, 0.1) is 11.9 Å². The van der Waals surface area contributed by atoms with E-state index in [4.69, 9.17) is 0 Å². The van der Waals surface area contributed by atoms with Crippen LogP contribution in [0.15, 0.2) is 36.5 Å². The van der Waals surface area contributed by atoms with Gasteiger partial charge in [0, 0.05) is 23.5 Å². The van der Waals surface area contributed by atoms with Crippen LogP contribution in [-0.2, 0) is 6.54 Å². The number of hydrogen-bond donors (Lipinski definition) is 1. The highest BCUT2D eigenvalue weighted by Crippen LogP contribution is 2.28. The molecule has 0 spiro atoms. The number of rotatable bonds is 5. The Morgan fingerprint density at radius 2 is 2.10 bits per heavy atom. The smallest absolute Gasteiger partial charge is 0.110 e. The van der Waals surface area contributed by atoms with Gasteiger partial charge in [-0.1, -0.05) is 24.6 Å². The Morgan fingerprint density at radius 1 is 1.29 bits per heavy atom. The van der Waals surface area contributed by atoms with Crippen LogP contribution in [0.3, 0.4) is 0 Å². The molecule has 21 heavy (non-hydrogen) atoms. The Morgan fingerprint density at radius 3 is 2.86 bits per heavy atom. The highest BCUT2D eigenvalue weighted by molar-refractivity contribution is 7.99. The summed E-state index contributed by atoms with van der Waals surface area (Å²) in [7, 11) is 0. The summed E-state index contributed by atoms with van der Waals surface area (Å²) in [5.74, 6) is 1.05. The quantitative estimate of drug-likeness (QED) is 0.916. The van der Waals surface area contributed by atoms with Crippen molar-refractivity contribution in [2.45, 2.75) is 44.0 Å². The number of imidazole rings is 1. The van der Waals surface area contributed by atoms with Gasteiger partial charge in [-0.2, -0.15) is 11.8 Å². The molecule has 0 aliphatic heterocycles. The molecule has 1 saturated carbocycles. The fourth-order valence-electron chi connectivity index (χ4n) is 3.22. The molecule has 2 unspecified atom stereocenters. The minimum Gasteiger partial charge on any atom is -0.307 e. The summed E-state index contributed by atoms with van der Waals surface area (Å²) < 4.78 is 2.25. The van der Waals surface area contributed by atoms with Crippen LogP contribution >= 0.6 is 11.8 Å². The van der Waals surface area contributed by atoms with Crippen molar-refractivity contribution in [1.82, 2.24) is 14.9 Å². The minimum absolute atomic E-state index is 0.638. The van der Waals surface area contributed by atoms with Crippen LogP contribution in [0.4, 0.5) is 0 Å². The monoisotopic (exact) mass is 301 g/mol. The number of thioether (sulfide) groups is 1. The van der Waals surface area contributed by atoms with Crippen molar-refractivity contribution < 1.29 is 0 Å². The van der Waals surface area contributed by atoms with Gasteiger partial charge in [-0.05, 0) is 38.2 Å². The van der Waals surface area contributed by atoms with Gasteiger partial charge in [-0.3, -0.25) is 4.57 Å². The first-order chi connectivity index (χ1) is 10.3. The van der Waals surface area contributed by atoms with Crippen LogP contribution in [0, 0.1) is 6.92 Å². The van der Waals surface area contributed by atoms with Crippen molar-refractivity contribution in [1.29, 1.82) is 0 Å². The van der Waals surface area contributed by atoms with E-state index in [1.54, 1.807) is 0 Å². The Balaban J connectivity index is 1.75. The van der Waals surface area contributed by atoms with Crippen LogP contribution in [0.1, 0.15) is 30.8 Å². The molecular formula is C17H23N3S. The van der Waals surface area contributed by atoms with E-state index < -0.39 is 0 Å². The van der Waals surface area contributed by atoms with E-state index in [-0.39, 0.29) is 0 Å². The summed E-state index contributed by atoms with van der Waals surface area (Å²) >= 11 is 2.00. The molecule has 1 N–H and O–H groups in total. The highest BCUT2D eigenvalue weighted by Gasteiger charge is 2.26. The molecule has 112 valence electrons. The fraction of sp³-hybridized carbons (Fsp3) is 0.471. The number of para-hydroxylation sites is 1. The molecule has 2 atom stereocenters. The zero-order valence-corrected chi connectivity index (χ0v) is 13.6. The molecule has 0 saturated heterocycles. The van der Waals surface area contributed by atoms with Gasteiger partial charge in [-0.25, -0.2) is 4.98 Å². The molecule has 0 bridgehead atoms. The average molecular weight is 301 g/mol. The van der Waals surface area contributed by atoms with Crippen molar-refractivity contribution in [2.75, 3.05) is 6.26 Å². The normalized spacial score (nSPS) is 21.8. The number of nitrogens with zero attached hydrogens (tertiary/aromatic N) is 2. The lowest BCUT2D eigenvalue weighted by atomic mass is 10.2. The van der Waals surface area contributed by atoms with E-state index in [0.717, 1.165) is 17.6 Å². The molecule has 4 heteroatoms. The summed E-state index contributed by atoms with van der Waals surface area (Å²) in [6, 6.07) is 11.1. The highest BCUT2D eigenvalue weighted by atomic mass is 32.2. The molecule has 1 aromatic carbocycles. The molecule has 2 aromatic rings. The lowest BCUT2D eigenvalue weighted by Gasteiger charge is -2.20. The van der Waals surface area contributed by atoms with Gasteiger partial charge >= 0.3 is 0 Å². The van der Waals surface area contributed by atoms with E-state index in [1.807, 2.05) is 18.0 Å². The first-order valence-corrected chi connectivity index (χ1v) is 8.93. The van der Waals surface area contributed by atoms with Gasteiger partial charge in [0.2, 0.25) is 0 Å². The van der Waals surface area contributed by atoms with Crippen LogP contribution in [0.5, 0.6) is 0 Å². The molecule has 1 fully saturated rings. The van der Waals surface area contributed by atoms with Crippen molar-refractivity contribution in [3.63, 3.8) is 0 Å².